The summed E-state index contributed by atoms with van der Waals surface area (Å²) < 4.78 is 28.2. The van der Waals surface area contributed by atoms with Crippen LogP contribution < -0.4 is 5.32 Å². The molecule has 26 heavy (non-hydrogen) atoms. The molecule has 1 heterocycles. The van der Waals surface area contributed by atoms with E-state index in [1.807, 2.05) is 12.1 Å². The smallest absolute Gasteiger partial charge is 0.243 e. The van der Waals surface area contributed by atoms with E-state index >= 15 is 0 Å². The normalized spacial score (nSPS) is 15.3. The Morgan fingerprint density at radius 3 is 2.31 bits per heavy atom. The molecule has 0 spiro atoms. The molecule has 1 aliphatic carbocycles. The van der Waals surface area contributed by atoms with E-state index in [9.17, 15) is 13.2 Å². The van der Waals surface area contributed by atoms with Gasteiger partial charge in [-0.1, -0.05) is 12.8 Å². The highest BCUT2D eigenvalue weighted by molar-refractivity contribution is 7.89. The first-order chi connectivity index (χ1) is 12.5. The molecule has 0 bridgehead atoms. The van der Waals surface area contributed by atoms with Gasteiger partial charge in [0.15, 0.2) is 0 Å². The van der Waals surface area contributed by atoms with Crippen LogP contribution in [0.25, 0.3) is 0 Å². The standard InChI is InChI=1S/C19H23N3O3S/c1-15(23)21-17-6-8-19(9-7-17)26(24,25)22(18-4-2-3-5-18)14-16-10-12-20-13-11-16/h6-13,18H,2-5,14H2,1H3,(H,21,23). The molecule has 1 N–H and O–H groups in total. The van der Waals surface area contributed by atoms with Gasteiger partial charge in [0.05, 0.1) is 4.90 Å². The van der Waals surface area contributed by atoms with Crippen molar-refractivity contribution in [2.24, 2.45) is 0 Å². The molecule has 7 heteroatoms. The Labute approximate surface area is 154 Å². The summed E-state index contributed by atoms with van der Waals surface area (Å²) in [6.45, 7) is 1.75. The summed E-state index contributed by atoms with van der Waals surface area (Å²) in [7, 11) is -3.63. The average molecular weight is 373 g/mol. The maximum Gasteiger partial charge on any atom is 0.243 e. The second kappa shape index (κ2) is 7.97. The number of amides is 1. The number of hydrogen-bond acceptors (Lipinski definition) is 4. The molecule has 1 saturated carbocycles. The molecule has 0 aliphatic heterocycles. The summed E-state index contributed by atoms with van der Waals surface area (Å²) in [5.74, 6) is -0.189. The lowest BCUT2D eigenvalue weighted by Gasteiger charge is -2.28. The highest BCUT2D eigenvalue weighted by Crippen LogP contribution is 2.30. The minimum absolute atomic E-state index is 0.0168. The molecule has 1 aromatic carbocycles. The monoisotopic (exact) mass is 373 g/mol. The Bertz CT molecular complexity index is 845. The first-order valence-corrected chi connectivity index (χ1v) is 10.2. The lowest BCUT2D eigenvalue weighted by atomic mass is 10.2. The number of pyridine rings is 1. The van der Waals surface area contributed by atoms with E-state index in [0.29, 0.717) is 12.2 Å². The number of carbonyl (C=O) groups excluding carboxylic acids is 1. The van der Waals surface area contributed by atoms with E-state index in [4.69, 9.17) is 0 Å². The topological polar surface area (TPSA) is 79.4 Å². The third-order valence-electron chi connectivity index (χ3n) is 4.60. The molecule has 3 rings (SSSR count). The molecule has 1 aliphatic rings. The van der Waals surface area contributed by atoms with Crippen LogP contribution in [0.15, 0.2) is 53.7 Å². The maximum absolute atomic E-state index is 13.3. The van der Waals surface area contributed by atoms with Gasteiger partial charge in [0.1, 0.15) is 0 Å². The lowest BCUT2D eigenvalue weighted by molar-refractivity contribution is -0.114. The van der Waals surface area contributed by atoms with Gasteiger partial charge in [-0.3, -0.25) is 9.78 Å². The van der Waals surface area contributed by atoms with Crippen LogP contribution in [0.3, 0.4) is 0 Å². The second-order valence-electron chi connectivity index (χ2n) is 6.55. The van der Waals surface area contributed by atoms with Gasteiger partial charge >= 0.3 is 0 Å². The molecular weight excluding hydrogens is 350 g/mol. The Morgan fingerprint density at radius 2 is 1.73 bits per heavy atom. The Hall–Kier alpha value is -2.25. The molecule has 0 unspecified atom stereocenters. The molecule has 1 amide bonds. The van der Waals surface area contributed by atoms with Crippen LogP contribution in [0.5, 0.6) is 0 Å². The number of hydrogen-bond donors (Lipinski definition) is 1. The predicted octanol–water partition coefficient (Wildman–Crippen LogP) is 3.17. The van der Waals surface area contributed by atoms with Gasteiger partial charge in [0.2, 0.25) is 15.9 Å². The molecule has 1 fully saturated rings. The van der Waals surface area contributed by atoms with Crippen molar-refractivity contribution in [3.63, 3.8) is 0 Å². The van der Waals surface area contributed by atoms with Gasteiger partial charge in [-0.25, -0.2) is 8.42 Å². The second-order valence-corrected chi connectivity index (χ2v) is 8.44. The fourth-order valence-corrected chi connectivity index (χ4v) is 4.99. The van der Waals surface area contributed by atoms with E-state index in [1.165, 1.54) is 6.92 Å². The molecule has 6 nitrogen and oxygen atoms in total. The fourth-order valence-electron chi connectivity index (χ4n) is 3.32. The van der Waals surface area contributed by atoms with Crippen molar-refractivity contribution in [3.8, 4) is 0 Å². The molecule has 1 aromatic heterocycles. The SMILES string of the molecule is CC(=O)Nc1ccc(S(=O)(=O)N(Cc2ccncc2)C2CCCC2)cc1. The molecule has 2 aromatic rings. The summed E-state index contributed by atoms with van der Waals surface area (Å²) in [4.78, 5) is 15.4. The van der Waals surface area contributed by atoms with Crippen molar-refractivity contribution in [2.75, 3.05) is 5.32 Å². The summed E-state index contributed by atoms with van der Waals surface area (Å²) in [5, 5.41) is 2.65. The summed E-state index contributed by atoms with van der Waals surface area (Å²) in [5.41, 5.74) is 1.50. The average Bonchev–Trinajstić information content (AvgIpc) is 3.14. The maximum atomic E-state index is 13.3. The number of nitrogens with zero attached hydrogens (tertiary/aromatic N) is 2. The van der Waals surface area contributed by atoms with Gasteiger partial charge in [-0.05, 0) is 54.8 Å². The van der Waals surface area contributed by atoms with Crippen molar-refractivity contribution >= 4 is 21.6 Å². The van der Waals surface area contributed by atoms with Crippen LogP contribution in [0.1, 0.15) is 38.2 Å². The number of sulfonamides is 1. The Balaban J connectivity index is 1.89. The lowest BCUT2D eigenvalue weighted by Crippen LogP contribution is -2.38. The van der Waals surface area contributed by atoms with E-state index in [-0.39, 0.29) is 16.8 Å². The van der Waals surface area contributed by atoms with Crippen LogP contribution in [0.4, 0.5) is 5.69 Å². The molecular formula is C19H23N3O3S. The third kappa shape index (κ3) is 4.28. The Morgan fingerprint density at radius 1 is 1.12 bits per heavy atom. The van der Waals surface area contributed by atoms with Crippen molar-refractivity contribution in [3.05, 3.63) is 54.4 Å². The summed E-state index contributed by atoms with van der Waals surface area (Å²) in [6, 6.07) is 10.0. The fraction of sp³-hybridized carbons (Fsp3) is 0.368. The van der Waals surface area contributed by atoms with Gasteiger partial charge in [-0.15, -0.1) is 0 Å². The zero-order valence-corrected chi connectivity index (χ0v) is 15.6. The zero-order valence-electron chi connectivity index (χ0n) is 14.8. The van der Waals surface area contributed by atoms with Gasteiger partial charge in [-0.2, -0.15) is 4.31 Å². The van der Waals surface area contributed by atoms with E-state index in [0.717, 1.165) is 31.2 Å². The number of anilines is 1. The van der Waals surface area contributed by atoms with Gasteiger partial charge < -0.3 is 5.32 Å². The van der Waals surface area contributed by atoms with Gasteiger partial charge in [0.25, 0.3) is 0 Å². The van der Waals surface area contributed by atoms with E-state index < -0.39 is 10.0 Å². The van der Waals surface area contributed by atoms with Crippen LogP contribution in [-0.4, -0.2) is 29.7 Å². The number of carbonyl (C=O) groups is 1. The minimum atomic E-state index is -3.63. The van der Waals surface area contributed by atoms with Gasteiger partial charge in [0, 0.05) is 37.6 Å². The number of nitrogens with one attached hydrogen (secondary N) is 1. The van der Waals surface area contributed by atoms with Crippen LogP contribution >= 0.6 is 0 Å². The number of benzene rings is 1. The first-order valence-electron chi connectivity index (χ1n) is 8.75. The summed E-state index contributed by atoms with van der Waals surface area (Å²) >= 11 is 0. The van der Waals surface area contributed by atoms with E-state index in [1.54, 1.807) is 41.0 Å². The highest BCUT2D eigenvalue weighted by Gasteiger charge is 2.33. The summed E-state index contributed by atoms with van der Waals surface area (Å²) in [6.07, 6.45) is 7.22. The predicted molar refractivity (Wildman–Crippen MR) is 100.0 cm³/mol. The van der Waals surface area contributed by atoms with Crippen molar-refractivity contribution < 1.29 is 13.2 Å². The molecule has 0 atom stereocenters. The van der Waals surface area contributed by atoms with Crippen LogP contribution in [0.2, 0.25) is 0 Å². The minimum Gasteiger partial charge on any atom is -0.326 e. The highest BCUT2D eigenvalue weighted by atomic mass is 32.2. The largest absolute Gasteiger partial charge is 0.326 e. The molecule has 0 radical (unpaired) electrons. The van der Waals surface area contributed by atoms with Crippen molar-refractivity contribution in [2.45, 2.75) is 50.1 Å². The Kier molecular flexibility index (Phi) is 5.68. The van der Waals surface area contributed by atoms with Crippen molar-refractivity contribution in [1.29, 1.82) is 0 Å². The van der Waals surface area contributed by atoms with Crippen LogP contribution in [0, 0.1) is 0 Å². The molecule has 138 valence electrons. The third-order valence-corrected chi connectivity index (χ3v) is 6.51. The number of rotatable bonds is 6. The zero-order chi connectivity index (χ0) is 18.6. The van der Waals surface area contributed by atoms with Crippen LogP contribution in [-0.2, 0) is 21.4 Å². The van der Waals surface area contributed by atoms with Crippen molar-refractivity contribution in [1.82, 2.24) is 9.29 Å². The number of aromatic nitrogens is 1. The quantitative estimate of drug-likeness (QED) is 0.843. The molecule has 0 saturated heterocycles. The first kappa shape index (κ1) is 18.5. The van der Waals surface area contributed by atoms with E-state index in [2.05, 4.69) is 10.3 Å².